The summed E-state index contributed by atoms with van der Waals surface area (Å²) in [6.07, 6.45) is 7.33. The molecule has 0 amide bonds. The highest BCUT2D eigenvalue weighted by Crippen LogP contribution is 2.25. The van der Waals surface area contributed by atoms with Crippen LogP contribution in [0.4, 0.5) is 5.69 Å². The van der Waals surface area contributed by atoms with E-state index in [4.69, 9.17) is 5.26 Å². The van der Waals surface area contributed by atoms with Crippen LogP contribution in [-0.2, 0) is 0 Å². The number of nitrogens with one attached hydrogen (secondary N) is 1. The van der Waals surface area contributed by atoms with Gasteiger partial charge in [-0.15, -0.1) is 0 Å². The van der Waals surface area contributed by atoms with E-state index in [1.165, 1.54) is 25.0 Å². The molecule has 1 fully saturated rings. The fraction of sp³-hybridized carbons (Fsp3) is 0.500. The van der Waals surface area contributed by atoms with Crippen molar-refractivity contribution in [3.8, 4) is 6.07 Å². The van der Waals surface area contributed by atoms with Gasteiger partial charge in [0.05, 0.1) is 17.4 Å². The summed E-state index contributed by atoms with van der Waals surface area (Å²) in [6.45, 7) is 0.936. The lowest BCUT2D eigenvalue weighted by Gasteiger charge is -2.22. The zero-order valence-electron chi connectivity index (χ0n) is 9.15. The predicted molar refractivity (Wildman–Crippen MR) is 67.5 cm³/mol. The van der Waals surface area contributed by atoms with Crippen molar-refractivity contribution in [3.63, 3.8) is 0 Å². The molecule has 0 radical (unpaired) electrons. The van der Waals surface area contributed by atoms with Crippen LogP contribution in [0.15, 0.2) is 18.5 Å². The zero-order chi connectivity index (χ0) is 11.2. The van der Waals surface area contributed by atoms with Crippen LogP contribution >= 0.6 is 11.8 Å². The van der Waals surface area contributed by atoms with E-state index in [1.807, 2.05) is 11.8 Å². The van der Waals surface area contributed by atoms with Gasteiger partial charge in [-0.1, -0.05) is 6.42 Å². The van der Waals surface area contributed by atoms with Gasteiger partial charge in [0, 0.05) is 18.0 Å². The Hall–Kier alpha value is -1.21. The van der Waals surface area contributed by atoms with Crippen LogP contribution in [0, 0.1) is 11.3 Å². The molecule has 0 spiro atoms. The lowest BCUT2D eigenvalue weighted by Crippen LogP contribution is -2.20. The molecule has 0 aliphatic carbocycles. The first-order chi connectivity index (χ1) is 7.90. The normalized spacial score (nSPS) is 20.1. The van der Waals surface area contributed by atoms with Crippen LogP contribution in [0.5, 0.6) is 0 Å². The second-order valence-electron chi connectivity index (χ2n) is 3.90. The molecule has 1 atom stereocenters. The quantitative estimate of drug-likeness (QED) is 0.872. The second kappa shape index (κ2) is 5.76. The van der Waals surface area contributed by atoms with Crippen molar-refractivity contribution in [1.82, 2.24) is 4.98 Å². The van der Waals surface area contributed by atoms with Gasteiger partial charge in [-0.2, -0.15) is 17.0 Å². The Morgan fingerprint density at radius 3 is 3.25 bits per heavy atom. The molecule has 2 heterocycles. The van der Waals surface area contributed by atoms with Crippen molar-refractivity contribution < 1.29 is 0 Å². The highest BCUT2D eigenvalue weighted by atomic mass is 32.2. The average molecular weight is 233 g/mol. The van der Waals surface area contributed by atoms with Gasteiger partial charge in [0.15, 0.2) is 0 Å². The number of nitrogens with zero attached hydrogens (tertiary/aromatic N) is 2. The van der Waals surface area contributed by atoms with E-state index >= 15 is 0 Å². The fourth-order valence-corrected chi connectivity index (χ4v) is 3.06. The molecule has 1 unspecified atom stereocenters. The highest BCUT2D eigenvalue weighted by Gasteiger charge is 2.13. The molecule has 16 heavy (non-hydrogen) atoms. The molecule has 0 saturated carbocycles. The molecule has 1 aromatic heterocycles. The summed E-state index contributed by atoms with van der Waals surface area (Å²) >= 11 is 2.03. The van der Waals surface area contributed by atoms with Gasteiger partial charge in [0.25, 0.3) is 0 Å². The highest BCUT2D eigenvalue weighted by molar-refractivity contribution is 7.99. The Morgan fingerprint density at radius 1 is 1.56 bits per heavy atom. The van der Waals surface area contributed by atoms with Crippen molar-refractivity contribution in [2.45, 2.75) is 24.5 Å². The van der Waals surface area contributed by atoms with Gasteiger partial charge in [-0.3, -0.25) is 4.98 Å². The van der Waals surface area contributed by atoms with E-state index in [9.17, 15) is 0 Å². The van der Waals surface area contributed by atoms with Crippen molar-refractivity contribution >= 4 is 17.4 Å². The molecule has 1 N–H and O–H groups in total. The third-order valence-electron chi connectivity index (χ3n) is 2.74. The maximum absolute atomic E-state index is 8.93. The van der Waals surface area contributed by atoms with Crippen LogP contribution in [0.25, 0.3) is 0 Å². The maximum atomic E-state index is 8.93. The minimum Gasteiger partial charge on any atom is -0.382 e. The molecule has 84 valence electrons. The molecular weight excluding hydrogens is 218 g/mol. The predicted octanol–water partition coefficient (Wildman–Crippen LogP) is 2.65. The first-order valence-electron chi connectivity index (χ1n) is 5.60. The number of nitriles is 1. The SMILES string of the molecule is N#Cc1ccncc1NCC1CCCCS1. The number of rotatable bonds is 3. The van der Waals surface area contributed by atoms with Gasteiger partial charge >= 0.3 is 0 Å². The Morgan fingerprint density at radius 2 is 2.50 bits per heavy atom. The monoisotopic (exact) mass is 233 g/mol. The van der Waals surface area contributed by atoms with Gasteiger partial charge < -0.3 is 5.32 Å². The molecule has 3 nitrogen and oxygen atoms in total. The number of pyridine rings is 1. The van der Waals surface area contributed by atoms with Gasteiger partial charge in [0.2, 0.25) is 0 Å². The van der Waals surface area contributed by atoms with Crippen LogP contribution < -0.4 is 5.32 Å². The van der Waals surface area contributed by atoms with Crippen LogP contribution in [-0.4, -0.2) is 22.5 Å². The smallest absolute Gasteiger partial charge is 0.101 e. The Kier molecular flexibility index (Phi) is 4.06. The number of thioether (sulfide) groups is 1. The largest absolute Gasteiger partial charge is 0.382 e. The molecule has 0 bridgehead atoms. The van der Waals surface area contributed by atoms with E-state index in [2.05, 4.69) is 16.4 Å². The Balaban J connectivity index is 1.91. The summed E-state index contributed by atoms with van der Waals surface area (Å²) in [7, 11) is 0. The molecule has 0 aromatic carbocycles. The van der Waals surface area contributed by atoms with E-state index in [1.54, 1.807) is 18.5 Å². The van der Waals surface area contributed by atoms with E-state index in [0.717, 1.165) is 12.2 Å². The van der Waals surface area contributed by atoms with Crippen molar-refractivity contribution in [2.75, 3.05) is 17.6 Å². The van der Waals surface area contributed by atoms with Crippen LogP contribution in [0.1, 0.15) is 24.8 Å². The first kappa shape index (κ1) is 11.3. The topological polar surface area (TPSA) is 48.7 Å². The first-order valence-corrected chi connectivity index (χ1v) is 6.64. The number of anilines is 1. The molecule has 1 aliphatic rings. The van der Waals surface area contributed by atoms with Crippen LogP contribution in [0.3, 0.4) is 0 Å². The molecule has 1 aromatic rings. The summed E-state index contributed by atoms with van der Waals surface area (Å²) in [5.41, 5.74) is 1.53. The van der Waals surface area contributed by atoms with Crippen molar-refractivity contribution in [2.24, 2.45) is 0 Å². The van der Waals surface area contributed by atoms with Gasteiger partial charge in [-0.05, 0) is 24.7 Å². The second-order valence-corrected chi connectivity index (χ2v) is 5.31. The van der Waals surface area contributed by atoms with Crippen molar-refractivity contribution in [3.05, 3.63) is 24.0 Å². The number of hydrogen-bond donors (Lipinski definition) is 1. The van der Waals surface area contributed by atoms with Gasteiger partial charge in [-0.25, -0.2) is 0 Å². The van der Waals surface area contributed by atoms with Crippen molar-refractivity contribution in [1.29, 1.82) is 5.26 Å². The average Bonchev–Trinajstić information content (AvgIpc) is 2.38. The lowest BCUT2D eigenvalue weighted by molar-refractivity contribution is 0.677. The third kappa shape index (κ3) is 2.89. The summed E-state index contributed by atoms with van der Waals surface area (Å²) in [5.74, 6) is 1.27. The zero-order valence-corrected chi connectivity index (χ0v) is 9.96. The molecule has 2 rings (SSSR count). The fourth-order valence-electron chi connectivity index (χ4n) is 1.83. The standard InChI is InChI=1S/C12H15N3S/c13-7-10-4-5-14-9-12(10)15-8-11-3-1-2-6-16-11/h4-5,9,11,15H,1-3,6,8H2. The molecular formula is C12H15N3S. The van der Waals surface area contributed by atoms with E-state index in [0.29, 0.717) is 10.8 Å². The lowest BCUT2D eigenvalue weighted by atomic mass is 10.2. The summed E-state index contributed by atoms with van der Waals surface area (Å²) < 4.78 is 0. The van der Waals surface area contributed by atoms with Gasteiger partial charge in [0.1, 0.15) is 6.07 Å². The molecule has 1 saturated heterocycles. The Bertz CT molecular complexity index is 380. The molecule has 1 aliphatic heterocycles. The summed E-state index contributed by atoms with van der Waals surface area (Å²) in [4.78, 5) is 4.04. The third-order valence-corrected chi connectivity index (χ3v) is 4.13. The summed E-state index contributed by atoms with van der Waals surface area (Å²) in [6, 6.07) is 3.92. The Labute approximate surface area is 100 Å². The summed E-state index contributed by atoms with van der Waals surface area (Å²) in [5, 5.41) is 12.9. The molecule has 4 heteroatoms. The maximum Gasteiger partial charge on any atom is 0.101 e. The number of hydrogen-bond acceptors (Lipinski definition) is 4. The van der Waals surface area contributed by atoms with Crippen LogP contribution in [0.2, 0.25) is 0 Å². The van der Waals surface area contributed by atoms with E-state index < -0.39 is 0 Å². The number of aromatic nitrogens is 1. The minimum absolute atomic E-state index is 0.677. The van der Waals surface area contributed by atoms with E-state index in [-0.39, 0.29) is 0 Å². The minimum atomic E-state index is 0.677.